The smallest absolute Gasteiger partial charge is 0.241 e. The number of likely N-dealkylation sites (N-methyl/N-ethyl adjacent to an activating group) is 1. The minimum atomic E-state index is 0.184. The lowest BCUT2D eigenvalue weighted by Gasteiger charge is -2.41. The molecule has 1 aromatic rings. The van der Waals surface area contributed by atoms with E-state index in [9.17, 15) is 4.79 Å². The molecule has 0 radical (unpaired) electrons. The van der Waals surface area contributed by atoms with Crippen molar-refractivity contribution in [2.75, 3.05) is 38.1 Å². The SMILES string of the molecule is CN1CCN(c2ccc(C3(CN)CCC3)cc2)C(=O)C1. The number of anilines is 1. The van der Waals surface area contributed by atoms with Crippen LogP contribution in [0, 0.1) is 0 Å². The van der Waals surface area contributed by atoms with Crippen LogP contribution in [0.2, 0.25) is 0 Å². The summed E-state index contributed by atoms with van der Waals surface area (Å²) in [6.07, 6.45) is 3.66. The third-order valence-electron chi connectivity index (χ3n) is 4.90. The standard InChI is InChI=1S/C16H23N3O/c1-18-9-10-19(15(20)11-18)14-5-3-13(4-6-14)16(12-17)7-2-8-16/h3-6H,2,7-12,17H2,1H3. The molecule has 1 aliphatic carbocycles. The van der Waals surface area contributed by atoms with Crippen molar-refractivity contribution in [3.63, 3.8) is 0 Å². The number of rotatable bonds is 3. The fraction of sp³-hybridized carbons (Fsp3) is 0.562. The number of benzene rings is 1. The molecular formula is C16H23N3O. The first kappa shape index (κ1) is 13.6. The largest absolute Gasteiger partial charge is 0.330 e. The number of nitrogens with zero attached hydrogens (tertiary/aromatic N) is 2. The number of amides is 1. The van der Waals surface area contributed by atoms with Gasteiger partial charge in [0, 0.05) is 30.7 Å². The quantitative estimate of drug-likeness (QED) is 0.904. The zero-order valence-electron chi connectivity index (χ0n) is 12.1. The van der Waals surface area contributed by atoms with Crippen LogP contribution < -0.4 is 10.6 Å². The van der Waals surface area contributed by atoms with E-state index in [0.717, 1.165) is 25.3 Å². The second kappa shape index (κ2) is 5.19. The molecule has 1 amide bonds. The summed E-state index contributed by atoms with van der Waals surface area (Å²) in [5.74, 6) is 0.184. The van der Waals surface area contributed by atoms with Crippen LogP contribution >= 0.6 is 0 Å². The van der Waals surface area contributed by atoms with Crippen LogP contribution in [0.25, 0.3) is 0 Å². The number of piperazine rings is 1. The molecule has 0 bridgehead atoms. The average Bonchev–Trinajstić information content (AvgIpc) is 2.39. The van der Waals surface area contributed by atoms with Crippen molar-refractivity contribution in [3.05, 3.63) is 29.8 Å². The molecular weight excluding hydrogens is 250 g/mol. The third kappa shape index (κ3) is 2.23. The van der Waals surface area contributed by atoms with Crippen LogP contribution in [-0.2, 0) is 10.2 Å². The highest BCUT2D eigenvalue weighted by Crippen LogP contribution is 2.43. The lowest BCUT2D eigenvalue weighted by Crippen LogP contribution is -2.49. The molecule has 0 aromatic heterocycles. The molecule has 1 saturated heterocycles. The molecule has 4 heteroatoms. The lowest BCUT2D eigenvalue weighted by atomic mass is 9.64. The maximum atomic E-state index is 12.1. The normalized spacial score (nSPS) is 22.7. The van der Waals surface area contributed by atoms with E-state index in [1.807, 2.05) is 11.9 Å². The highest BCUT2D eigenvalue weighted by molar-refractivity contribution is 5.95. The van der Waals surface area contributed by atoms with Crippen molar-refractivity contribution in [1.29, 1.82) is 0 Å². The Labute approximate surface area is 120 Å². The number of carbonyl (C=O) groups excluding carboxylic acids is 1. The van der Waals surface area contributed by atoms with E-state index in [1.54, 1.807) is 0 Å². The van der Waals surface area contributed by atoms with Gasteiger partial charge < -0.3 is 10.6 Å². The highest BCUT2D eigenvalue weighted by atomic mass is 16.2. The molecule has 1 saturated carbocycles. The maximum absolute atomic E-state index is 12.1. The zero-order valence-corrected chi connectivity index (χ0v) is 12.1. The van der Waals surface area contributed by atoms with Crippen molar-refractivity contribution in [3.8, 4) is 0 Å². The highest BCUT2D eigenvalue weighted by Gasteiger charge is 2.37. The van der Waals surface area contributed by atoms with Crippen LogP contribution in [0.5, 0.6) is 0 Å². The van der Waals surface area contributed by atoms with Crippen LogP contribution in [-0.4, -0.2) is 44.0 Å². The van der Waals surface area contributed by atoms with Crippen molar-refractivity contribution in [2.24, 2.45) is 5.73 Å². The summed E-state index contributed by atoms with van der Waals surface area (Å²) in [6.45, 7) is 2.94. The summed E-state index contributed by atoms with van der Waals surface area (Å²) in [5, 5.41) is 0. The minimum absolute atomic E-state index is 0.184. The van der Waals surface area contributed by atoms with Gasteiger partial charge in [-0.05, 0) is 37.6 Å². The van der Waals surface area contributed by atoms with Gasteiger partial charge >= 0.3 is 0 Å². The Hall–Kier alpha value is -1.39. The minimum Gasteiger partial charge on any atom is -0.330 e. The monoisotopic (exact) mass is 273 g/mol. The van der Waals surface area contributed by atoms with E-state index >= 15 is 0 Å². The molecule has 0 atom stereocenters. The molecule has 1 aromatic carbocycles. The lowest BCUT2D eigenvalue weighted by molar-refractivity contribution is -0.120. The summed E-state index contributed by atoms with van der Waals surface area (Å²) in [5.41, 5.74) is 8.49. The van der Waals surface area contributed by atoms with Gasteiger partial charge in [0.15, 0.2) is 0 Å². The van der Waals surface area contributed by atoms with Crippen LogP contribution in [0.3, 0.4) is 0 Å². The van der Waals surface area contributed by atoms with E-state index < -0.39 is 0 Å². The Balaban J connectivity index is 1.78. The first-order valence-corrected chi connectivity index (χ1v) is 7.44. The average molecular weight is 273 g/mol. The predicted octanol–water partition coefficient (Wildman–Crippen LogP) is 1.35. The summed E-state index contributed by atoms with van der Waals surface area (Å²) in [7, 11) is 1.99. The topological polar surface area (TPSA) is 49.6 Å². The molecule has 0 spiro atoms. The van der Waals surface area contributed by atoms with Crippen molar-refractivity contribution >= 4 is 11.6 Å². The van der Waals surface area contributed by atoms with E-state index in [-0.39, 0.29) is 11.3 Å². The molecule has 4 nitrogen and oxygen atoms in total. The van der Waals surface area contributed by atoms with Crippen molar-refractivity contribution in [1.82, 2.24) is 4.90 Å². The van der Waals surface area contributed by atoms with E-state index in [4.69, 9.17) is 5.73 Å². The fourth-order valence-electron chi connectivity index (χ4n) is 3.27. The van der Waals surface area contributed by atoms with Gasteiger partial charge in [-0.25, -0.2) is 0 Å². The predicted molar refractivity (Wildman–Crippen MR) is 80.9 cm³/mol. The molecule has 0 unspecified atom stereocenters. The second-order valence-corrected chi connectivity index (χ2v) is 6.17. The van der Waals surface area contributed by atoms with Crippen LogP contribution in [0.1, 0.15) is 24.8 Å². The van der Waals surface area contributed by atoms with Gasteiger partial charge in [-0.15, -0.1) is 0 Å². The Morgan fingerprint density at radius 2 is 1.90 bits per heavy atom. The Morgan fingerprint density at radius 3 is 2.40 bits per heavy atom. The van der Waals surface area contributed by atoms with Gasteiger partial charge in [0.05, 0.1) is 6.54 Å². The molecule has 1 heterocycles. The van der Waals surface area contributed by atoms with Gasteiger partial charge in [-0.1, -0.05) is 18.6 Å². The molecule has 2 fully saturated rings. The molecule has 2 aliphatic rings. The van der Waals surface area contributed by atoms with Gasteiger partial charge in [-0.3, -0.25) is 9.69 Å². The molecule has 20 heavy (non-hydrogen) atoms. The Morgan fingerprint density at radius 1 is 1.20 bits per heavy atom. The summed E-state index contributed by atoms with van der Waals surface area (Å²) in [4.78, 5) is 16.0. The molecule has 2 N–H and O–H groups in total. The second-order valence-electron chi connectivity index (χ2n) is 6.17. The summed E-state index contributed by atoms with van der Waals surface area (Å²) < 4.78 is 0. The Bertz CT molecular complexity index is 487. The van der Waals surface area contributed by atoms with Gasteiger partial charge in [-0.2, -0.15) is 0 Å². The number of carbonyl (C=O) groups is 1. The number of nitrogens with two attached hydrogens (primary N) is 1. The van der Waals surface area contributed by atoms with Gasteiger partial charge in [0.1, 0.15) is 0 Å². The van der Waals surface area contributed by atoms with Crippen LogP contribution in [0.15, 0.2) is 24.3 Å². The van der Waals surface area contributed by atoms with E-state index in [2.05, 4.69) is 29.2 Å². The molecule has 3 rings (SSSR count). The fourth-order valence-corrected chi connectivity index (χ4v) is 3.27. The van der Waals surface area contributed by atoms with E-state index in [0.29, 0.717) is 6.54 Å². The first-order chi connectivity index (χ1) is 9.64. The first-order valence-electron chi connectivity index (χ1n) is 7.44. The maximum Gasteiger partial charge on any atom is 0.241 e. The number of hydrogen-bond donors (Lipinski definition) is 1. The van der Waals surface area contributed by atoms with Gasteiger partial charge in [0.25, 0.3) is 0 Å². The molecule has 1 aliphatic heterocycles. The Kier molecular flexibility index (Phi) is 3.52. The van der Waals surface area contributed by atoms with E-state index in [1.165, 1.54) is 24.8 Å². The molecule has 108 valence electrons. The number of hydrogen-bond acceptors (Lipinski definition) is 3. The van der Waals surface area contributed by atoms with Crippen LogP contribution in [0.4, 0.5) is 5.69 Å². The van der Waals surface area contributed by atoms with Gasteiger partial charge in [0.2, 0.25) is 5.91 Å². The summed E-state index contributed by atoms with van der Waals surface area (Å²) in [6, 6.07) is 8.47. The van der Waals surface area contributed by atoms with Crippen molar-refractivity contribution in [2.45, 2.75) is 24.7 Å². The van der Waals surface area contributed by atoms with Crippen molar-refractivity contribution < 1.29 is 4.79 Å². The summed E-state index contributed by atoms with van der Waals surface area (Å²) >= 11 is 0. The zero-order chi connectivity index (χ0) is 14.2. The third-order valence-corrected chi connectivity index (χ3v) is 4.90.